The minimum absolute atomic E-state index is 0.0416. The van der Waals surface area contributed by atoms with Crippen LogP contribution >= 0.6 is 15.9 Å². The number of rotatable bonds is 8. The molecular weight excluding hydrogens is 410 g/mol. The van der Waals surface area contributed by atoms with Gasteiger partial charge in [-0.25, -0.2) is 0 Å². The highest BCUT2D eigenvalue weighted by Crippen LogP contribution is 2.18. The van der Waals surface area contributed by atoms with Gasteiger partial charge >= 0.3 is 0 Å². The highest BCUT2D eigenvalue weighted by molar-refractivity contribution is 9.10. The van der Waals surface area contributed by atoms with Crippen molar-refractivity contribution in [1.29, 1.82) is 0 Å². The molecule has 2 aromatic rings. The Morgan fingerprint density at radius 3 is 2.44 bits per heavy atom. The summed E-state index contributed by atoms with van der Waals surface area (Å²) in [5, 5.41) is 0. The quantitative estimate of drug-likeness (QED) is 0.626. The van der Waals surface area contributed by atoms with E-state index in [4.69, 9.17) is 14.2 Å². The van der Waals surface area contributed by atoms with Gasteiger partial charge in [0.15, 0.2) is 0 Å². The van der Waals surface area contributed by atoms with Gasteiger partial charge in [0.25, 0.3) is 5.91 Å². The van der Waals surface area contributed by atoms with Gasteiger partial charge in [0.1, 0.15) is 24.7 Å². The van der Waals surface area contributed by atoms with Crippen LogP contribution in [-0.4, -0.2) is 50.3 Å². The summed E-state index contributed by atoms with van der Waals surface area (Å²) in [6, 6.07) is 14.9. The first kappa shape index (κ1) is 19.7. The van der Waals surface area contributed by atoms with Crippen LogP contribution in [0, 0.1) is 0 Å². The second kappa shape index (κ2) is 9.76. The zero-order chi connectivity index (χ0) is 19.1. The molecule has 1 heterocycles. The van der Waals surface area contributed by atoms with Crippen LogP contribution in [0.5, 0.6) is 11.5 Å². The second-order valence-corrected chi connectivity index (χ2v) is 7.42. The fraction of sp³-hybridized carbons (Fsp3) is 0.381. The van der Waals surface area contributed by atoms with Crippen LogP contribution in [0.15, 0.2) is 53.0 Å². The Hall–Kier alpha value is -2.05. The van der Waals surface area contributed by atoms with E-state index < -0.39 is 0 Å². The molecule has 0 aliphatic carbocycles. The summed E-state index contributed by atoms with van der Waals surface area (Å²) in [6.07, 6.45) is 2.33. The van der Waals surface area contributed by atoms with Gasteiger partial charge < -0.3 is 19.1 Å². The Morgan fingerprint density at radius 2 is 1.78 bits per heavy atom. The minimum Gasteiger partial charge on any atom is -0.492 e. The van der Waals surface area contributed by atoms with Crippen molar-refractivity contribution in [3.05, 3.63) is 58.6 Å². The number of halogens is 1. The molecule has 1 fully saturated rings. The molecule has 144 valence electrons. The molecule has 0 bridgehead atoms. The lowest BCUT2D eigenvalue weighted by atomic mass is 10.2. The standard InChI is InChI=1S/C21H24BrNO4/c1-23(12-14-26-18-10-6-17(22)7-11-18)21(24)16-4-8-19(9-5-16)27-15-20-3-2-13-25-20/h4-11,20H,2-3,12-15H2,1H3. The molecule has 3 rings (SSSR count). The van der Waals surface area contributed by atoms with Crippen LogP contribution in [-0.2, 0) is 4.74 Å². The maximum atomic E-state index is 12.5. The molecule has 1 saturated heterocycles. The summed E-state index contributed by atoms with van der Waals surface area (Å²) >= 11 is 3.39. The van der Waals surface area contributed by atoms with Crippen LogP contribution < -0.4 is 9.47 Å². The van der Waals surface area contributed by atoms with E-state index in [0.29, 0.717) is 25.3 Å². The number of amides is 1. The largest absolute Gasteiger partial charge is 0.492 e. The molecule has 1 unspecified atom stereocenters. The molecule has 0 N–H and O–H groups in total. The number of carbonyl (C=O) groups excluding carboxylic acids is 1. The Balaban J connectivity index is 1.43. The van der Waals surface area contributed by atoms with Crippen LogP contribution in [0.3, 0.4) is 0 Å². The minimum atomic E-state index is -0.0416. The molecular formula is C21H24BrNO4. The van der Waals surface area contributed by atoms with E-state index in [2.05, 4.69) is 15.9 Å². The van der Waals surface area contributed by atoms with Crippen molar-refractivity contribution >= 4 is 21.8 Å². The van der Waals surface area contributed by atoms with Crippen LogP contribution in [0.25, 0.3) is 0 Å². The molecule has 0 radical (unpaired) electrons. The number of likely N-dealkylation sites (N-methyl/N-ethyl adjacent to an activating group) is 1. The predicted octanol–water partition coefficient (Wildman–Crippen LogP) is 4.16. The molecule has 6 heteroatoms. The fourth-order valence-corrected chi connectivity index (χ4v) is 3.08. The number of carbonyl (C=O) groups is 1. The summed E-state index contributed by atoms with van der Waals surface area (Å²) in [5.41, 5.74) is 0.630. The first-order valence-electron chi connectivity index (χ1n) is 9.10. The second-order valence-electron chi connectivity index (χ2n) is 6.50. The van der Waals surface area contributed by atoms with Crippen molar-refractivity contribution in [2.45, 2.75) is 18.9 Å². The summed E-state index contributed by atoms with van der Waals surface area (Å²) in [7, 11) is 1.77. The van der Waals surface area contributed by atoms with E-state index in [1.807, 2.05) is 36.4 Å². The smallest absolute Gasteiger partial charge is 0.253 e. The number of ether oxygens (including phenoxy) is 3. The maximum absolute atomic E-state index is 12.5. The van der Waals surface area contributed by atoms with Gasteiger partial charge in [-0.3, -0.25) is 4.79 Å². The molecule has 1 atom stereocenters. The summed E-state index contributed by atoms with van der Waals surface area (Å²) < 4.78 is 18.0. The average Bonchev–Trinajstić information content (AvgIpc) is 3.21. The Morgan fingerprint density at radius 1 is 1.11 bits per heavy atom. The van der Waals surface area contributed by atoms with Crippen molar-refractivity contribution in [2.75, 3.05) is 33.4 Å². The van der Waals surface area contributed by atoms with Gasteiger partial charge in [-0.15, -0.1) is 0 Å². The van der Waals surface area contributed by atoms with Gasteiger partial charge in [0.2, 0.25) is 0 Å². The van der Waals surface area contributed by atoms with Gasteiger partial charge in [0, 0.05) is 23.7 Å². The fourth-order valence-electron chi connectivity index (χ4n) is 2.81. The van der Waals surface area contributed by atoms with Crippen molar-refractivity contribution < 1.29 is 19.0 Å². The Labute approximate surface area is 168 Å². The average molecular weight is 434 g/mol. The summed E-state index contributed by atoms with van der Waals surface area (Å²) in [4.78, 5) is 14.2. The monoisotopic (exact) mass is 433 g/mol. The first-order chi connectivity index (χ1) is 13.1. The van der Waals surface area contributed by atoms with E-state index in [1.165, 1.54) is 0 Å². The number of hydrogen-bond acceptors (Lipinski definition) is 4. The third-order valence-corrected chi connectivity index (χ3v) is 4.95. The van der Waals surface area contributed by atoms with E-state index in [-0.39, 0.29) is 12.0 Å². The summed E-state index contributed by atoms with van der Waals surface area (Å²) in [5.74, 6) is 1.50. The van der Waals surface area contributed by atoms with Gasteiger partial charge in [-0.1, -0.05) is 15.9 Å². The highest BCUT2D eigenvalue weighted by Gasteiger charge is 2.16. The van der Waals surface area contributed by atoms with E-state index in [0.717, 1.165) is 35.4 Å². The number of hydrogen-bond donors (Lipinski definition) is 0. The Bertz CT molecular complexity index is 727. The van der Waals surface area contributed by atoms with Crippen molar-refractivity contribution in [3.8, 4) is 11.5 Å². The maximum Gasteiger partial charge on any atom is 0.253 e. The van der Waals surface area contributed by atoms with Gasteiger partial charge in [-0.05, 0) is 61.4 Å². The number of benzene rings is 2. The van der Waals surface area contributed by atoms with Crippen LogP contribution in [0.2, 0.25) is 0 Å². The number of nitrogens with zero attached hydrogens (tertiary/aromatic N) is 1. The van der Waals surface area contributed by atoms with E-state index in [1.54, 1.807) is 24.1 Å². The van der Waals surface area contributed by atoms with E-state index >= 15 is 0 Å². The SMILES string of the molecule is CN(CCOc1ccc(Br)cc1)C(=O)c1ccc(OCC2CCCO2)cc1. The van der Waals surface area contributed by atoms with Crippen LogP contribution in [0.4, 0.5) is 0 Å². The predicted molar refractivity (Wildman–Crippen MR) is 108 cm³/mol. The van der Waals surface area contributed by atoms with Crippen molar-refractivity contribution in [1.82, 2.24) is 4.90 Å². The molecule has 1 aliphatic rings. The molecule has 0 aromatic heterocycles. The topological polar surface area (TPSA) is 48.0 Å². The first-order valence-corrected chi connectivity index (χ1v) is 9.89. The van der Waals surface area contributed by atoms with E-state index in [9.17, 15) is 4.79 Å². The van der Waals surface area contributed by atoms with Crippen molar-refractivity contribution in [2.24, 2.45) is 0 Å². The van der Waals surface area contributed by atoms with Crippen LogP contribution in [0.1, 0.15) is 23.2 Å². The third-order valence-electron chi connectivity index (χ3n) is 4.42. The normalized spacial score (nSPS) is 16.1. The molecule has 27 heavy (non-hydrogen) atoms. The molecule has 1 amide bonds. The lowest BCUT2D eigenvalue weighted by Crippen LogP contribution is -2.30. The lowest BCUT2D eigenvalue weighted by Gasteiger charge is -2.18. The zero-order valence-electron chi connectivity index (χ0n) is 15.4. The zero-order valence-corrected chi connectivity index (χ0v) is 17.0. The molecule has 0 spiro atoms. The molecule has 1 aliphatic heterocycles. The molecule has 5 nitrogen and oxygen atoms in total. The third kappa shape index (κ3) is 5.97. The lowest BCUT2D eigenvalue weighted by molar-refractivity contribution is 0.0679. The Kier molecular flexibility index (Phi) is 7.12. The van der Waals surface area contributed by atoms with Gasteiger partial charge in [0.05, 0.1) is 12.6 Å². The van der Waals surface area contributed by atoms with Gasteiger partial charge in [-0.2, -0.15) is 0 Å². The van der Waals surface area contributed by atoms with Crippen molar-refractivity contribution in [3.63, 3.8) is 0 Å². The summed E-state index contributed by atoms with van der Waals surface area (Å²) in [6.45, 7) is 2.32. The molecule has 0 saturated carbocycles. The highest BCUT2D eigenvalue weighted by atomic mass is 79.9. The molecule has 2 aromatic carbocycles.